The number of esters is 1. The fraction of sp³-hybridized carbons (Fsp3) is 0.533. The molecule has 0 aliphatic carbocycles. The zero-order valence-electron chi connectivity index (χ0n) is 13.2. The summed E-state index contributed by atoms with van der Waals surface area (Å²) in [6.45, 7) is 8.07. The van der Waals surface area contributed by atoms with E-state index in [4.69, 9.17) is 4.74 Å². The average Bonchev–Trinajstić information content (AvgIpc) is 2.76. The van der Waals surface area contributed by atoms with Gasteiger partial charge in [0.1, 0.15) is 0 Å². The molecule has 0 bridgehead atoms. The van der Waals surface area contributed by atoms with Crippen molar-refractivity contribution in [3.63, 3.8) is 0 Å². The van der Waals surface area contributed by atoms with Crippen LogP contribution in [0.4, 0.5) is 0 Å². The highest BCUT2D eigenvalue weighted by molar-refractivity contribution is 6.01. The third-order valence-electron chi connectivity index (χ3n) is 3.51. The lowest BCUT2D eigenvalue weighted by Gasteiger charge is -2.18. The van der Waals surface area contributed by atoms with Gasteiger partial charge in [-0.15, -0.1) is 0 Å². The SMILES string of the molecule is CCN(CC)C(=O)Cc1[nH]c(C(C)=O)c(C)c1C(=O)OC. The van der Waals surface area contributed by atoms with Crippen molar-refractivity contribution in [3.05, 3.63) is 22.5 Å². The number of nitrogens with zero attached hydrogens (tertiary/aromatic N) is 1. The number of methoxy groups -OCH3 is 1. The van der Waals surface area contributed by atoms with Gasteiger partial charge < -0.3 is 14.6 Å². The topological polar surface area (TPSA) is 79.5 Å². The lowest BCUT2D eigenvalue weighted by atomic mass is 10.1. The Hall–Kier alpha value is -2.11. The van der Waals surface area contributed by atoms with E-state index >= 15 is 0 Å². The highest BCUT2D eigenvalue weighted by Gasteiger charge is 2.25. The van der Waals surface area contributed by atoms with Crippen molar-refractivity contribution in [1.29, 1.82) is 0 Å². The predicted octanol–water partition coefficient (Wildman–Crippen LogP) is 1.72. The first-order valence-electron chi connectivity index (χ1n) is 6.95. The molecule has 1 N–H and O–H groups in total. The van der Waals surface area contributed by atoms with Crippen LogP contribution in [0, 0.1) is 6.92 Å². The van der Waals surface area contributed by atoms with Crippen LogP contribution in [0.2, 0.25) is 0 Å². The standard InChI is InChI=1S/C15H22N2O4/c1-6-17(7-2)12(19)8-11-13(15(20)21-5)9(3)14(16-11)10(4)18/h16H,6-8H2,1-5H3. The van der Waals surface area contributed by atoms with Crippen LogP contribution < -0.4 is 0 Å². The molecule has 0 fully saturated rings. The molecule has 116 valence electrons. The van der Waals surface area contributed by atoms with Crippen molar-refractivity contribution in [3.8, 4) is 0 Å². The molecule has 1 heterocycles. The molecule has 0 atom stereocenters. The van der Waals surface area contributed by atoms with Crippen molar-refractivity contribution in [2.75, 3.05) is 20.2 Å². The van der Waals surface area contributed by atoms with Gasteiger partial charge >= 0.3 is 5.97 Å². The fourth-order valence-corrected chi connectivity index (χ4v) is 2.36. The molecule has 1 amide bonds. The number of amides is 1. The Morgan fingerprint density at radius 3 is 2.19 bits per heavy atom. The number of ether oxygens (including phenoxy) is 1. The number of ketones is 1. The second kappa shape index (κ2) is 7.06. The van der Waals surface area contributed by atoms with Crippen molar-refractivity contribution < 1.29 is 19.1 Å². The minimum absolute atomic E-state index is 0.0419. The van der Waals surface area contributed by atoms with Crippen molar-refractivity contribution in [1.82, 2.24) is 9.88 Å². The number of H-pyrrole nitrogens is 1. The summed E-state index contributed by atoms with van der Waals surface area (Å²) in [5.41, 5.74) is 1.58. The summed E-state index contributed by atoms with van der Waals surface area (Å²) in [5.74, 6) is -0.820. The molecule has 0 spiro atoms. The molecule has 1 aromatic heterocycles. The fourth-order valence-electron chi connectivity index (χ4n) is 2.36. The lowest BCUT2D eigenvalue weighted by Crippen LogP contribution is -2.32. The number of hydrogen-bond donors (Lipinski definition) is 1. The minimum atomic E-state index is -0.543. The van der Waals surface area contributed by atoms with Gasteiger partial charge in [0.25, 0.3) is 0 Å². The molecular formula is C15H22N2O4. The van der Waals surface area contributed by atoms with Crippen molar-refractivity contribution >= 4 is 17.7 Å². The monoisotopic (exact) mass is 294 g/mol. The quantitative estimate of drug-likeness (QED) is 0.640. The number of hydrogen-bond acceptors (Lipinski definition) is 4. The van der Waals surface area contributed by atoms with E-state index in [1.54, 1.807) is 11.8 Å². The maximum Gasteiger partial charge on any atom is 0.339 e. The van der Waals surface area contributed by atoms with E-state index in [0.29, 0.717) is 30.0 Å². The Labute approximate surface area is 124 Å². The van der Waals surface area contributed by atoms with Crippen LogP contribution in [0.1, 0.15) is 52.9 Å². The lowest BCUT2D eigenvalue weighted by molar-refractivity contribution is -0.130. The first-order valence-corrected chi connectivity index (χ1v) is 6.95. The maximum absolute atomic E-state index is 12.2. The molecule has 6 heteroatoms. The van der Waals surface area contributed by atoms with Gasteiger partial charge in [-0.25, -0.2) is 4.79 Å². The van der Waals surface area contributed by atoms with Gasteiger partial charge in [0.15, 0.2) is 5.78 Å². The number of Topliss-reactive ketones (excluding diaryl/α,β-unsaturated/α-hetero) is 1. The Balaban J connectivity index is 3.22. The largest absolute Gasteiger partial charge is 0.465 e. The summed E-state index contributed by atoms with van der Waals surface area (Å²) in [7, 11) is 1.28. The van der Waals surface area contributed by atoms with Gasteiger partial charge in [-0.2, -0.15) is 0 Å². The van der Waals surface area contributed by atoms with E-state index in [2.05, 4.69) is 4.98 Å². The van der Waals surface area contributed by atoms with Crippen LogP contribution in [-0.2, 0) is 16.0 Å². The number of rotatable bonds is 6. The number of likely N-dealkylation sites (N-methyl/N-ethyl adjacent to an activating group) is 1. The van der Waals surface area contributed by atoms with Crippen LogP contribution >= 0.6 is 0 Å². The summed E-state index contributed by atoms with van der Waals surface area (Å²) < 4.78 is 4.75. The number of carbonyl (C=O) groups excluding carboxylic acids is 3. The van der Waals surface area contributed by atoms with Gasteiger partial charge in [0.2, 0.25) is 5.91 Å². The molecule has 21 heavy (non-hydrogen) atoms. The van der Waals surface area contributed by atoms with E-state index in [-0.39, 0.29) is 23.7 Å². The molecule has 0 aliphatic heterocycles. The van der Waals surface area contributed by atoms with Crippen LogP contribution in [0.15, 0.2) is 0 Å². The molecule has 0 saturated heterocycles. The second-order valence-electron chi connectivity index (χ2n) is 4.77. The Bertz CT molecular complexity index is 556. The van der Waals surface area contributed by atoms with Crippen molar-refractivity contribution in [2.24, 2.45) is 0 Å². The van der Waals surface area contributed by atoms with Gasteiger partial charge in [0.05, 0.1) is 24.8 Å². The number of aromatic amines is 1. The van der Waals surface area contributed by atoms with E-state index in [1.807, 2.05) is 13.8 Å². The molecule has 0 aromatic carbocycles. The average molecular weight is 294 g/mol. The van der Waals surface area contributed by atoms with Crippen LogP contribution in [-0.4, -0.2) is 47.7 Å². The number of aromatic nitrogens is 1. The normalized spacial score (nSPS) is 10.3. The summed E-state index contributed by atoms with van der Waals surface area (Å²) in [5, 5.41) is 0. The molecule has 1 rings (SSSR count). The predicted molar refractivity (Wildman–Crippen MR) is 78.5 cm³/mol. The first-order chi connectivity index (χ1) is 9.87. The zero-order valence-corrected chi connectivity index (χ0v) is 13.2. The highest BCUT2D eigenvalue weighted by atomic mass is 16.5. The van der Waals surface area contributed by atoms with Gasteiger partial charge in [0, 0.05) is 25.7 Å². The molecule has 0 aliphatic rings. The third-order valence-corrected chi connectivity index (χ3v) is 3.51. The number of carbonyl (C=O) groups is 3. The minimum Gasteiger partial charge on any atom is -0.465 e. The maximum atomic E-state index is 12.2. The van der Waals surface area contributed by atoms with E-state index in [1.165, 1.54) is 14.0 Å². The second-order valence-corrected chi connectivity index (χ2v) is 4.77. The summed E-state index contributed by atoms with van der Waals surface area (Å²) >= 11 is 0. The van der Waals surface area contributed by atoms with Crippen LogP contribution in [0.3, 0.4) is 0 Å². The van der Waals surface area contributed by atoms with E-state index < -0.39 is 5.97 Å². The van der Waals surface area contributed by atoms with Crippen molar-refractivity contribution in [2.45, 2.75) is 34.1 Å². The summed E-state index contributed by atoms with van der Waals surface area (Å²) in [6.07, 6.45) is 0.0419. The molecule has 1 aromatic rings. The summed E-state index contributed by atoms with van der Waals surface area (Å²) in [4.78, 5) is 40.3. The summed E-state index contributed by atoms with van der Waals surface area (Å²) in [6, 6.07) is 0. The van der Waals surface area contributed by atoms with Gasteiger partial charge in [-0.3, -0.25) is 9.59 Å². The molecule has 6 nitrogen and oxygen atoms in total. The molecule has 0 unspecified atom stereocenters. The zero-order chi connectivity index (χ0) is 16.2. The highest BCUT2D eigenvalue weighted by Crippen LogP contribution is 2.21. The van der Waals surface area contributed by atoms with Gasteiger partial charge in [-0.1, -0.05) is 0 Å². The van der Waals surface area contributed by atoms with E-state index in [9.17, 15) is 14.4 Å². The number of nitrogens with one attached hydrogen (secondary N) is 1. The third kappa shape index (κ3) is 3.51. The van der Waals surface area contributed by atoms with Crippen LogP contribution in [0.5, 0.6) is 0 Å². The van der Waals surface area contributed by atoms with E-state index in [0.717, 1.165) is 0 Å². The Morgan fingerprint density at radius 1 is 1.19 bits per heavy atom. The van der Waals surface area contributed by atoms with Gasteiger partial charge in [-0.05, 0) is 26.3 Å². The first kappa shape index (κ1) is 16.9. The van der Waals surface area contributed by atoms with Crippen LogP contribution in [0.25, 0.3) is 0 Å². The molecular weight excluding hydrogens is 272 g/mol. The smallest absolute Gasteiger partial charge is 0.339 e. The molecule has 0 radical (unpaired) electrons. The Kier molecular flexibility index (Phi) is 5.69. The Morgan fingerprint density at radius 2 is 1.76 bits per heavy atom. The molecule has 0 saturated carbocycles.